The van der Waals surface area contributed by atoms with Crippen LogP contribution in [-0.4, -0.2) is 256 Å². The summed E-state index contributed by atoms with van der Waals surface area (Å²) in [5.41, 5.74) is 0. The van der Waals surface area contributed by atoms with Crippen LogP contribution < -0.4 is 5.32 Å². The summed E-state index contributed by atoms with van der Waals surface area (Å²) in [5, 5.41) is 15.1. The predicted molar refractivity (Wildman–Crippen MR) is 377 cm³/mol. The molecule has 0 aromatic heterocycles. The van der Waals surface area contributed by atoms with Gasteiger partial charge in [0.1, 0.15) is 42.0 Å². The van der Waals surface area contributed by atoms with E-state index in [9.17, 15) is 24.3 Å². The van der Waals surface area contributed by atoms with Crippen molar-refractivity contribution in [3.05, 3.63) is 12.2 Å². The van der Waals surface area contributed by atoms with Gasteiger partial charge in [-0.15, -0.1) is 0 Å². The second-order valence-corrected chi connectivity index (χ2v) is 31.0. The van der Waals surface area contributed by atoms with E-state index in [1.165, 1.54) is 83.9 Å². The van der Waals surface area contributed by atoms with Crippen molar-refractivity contribution in [2.45, 2.75) is 255 Å². The number of nitrogens with zero attached hydrogens (tertiary/aromatic N) is 9. The Labute approximate surface area is 578 Å². The van der Waals surface area contributed by atoms with Gasteiger partial charge in [0.2, 0.25) is 47.3 Å². The summed E-state index contributed by atoms with van der Waals surface area (Å²) in [6.07, 6.45) is 6.59. The molecule has 548 valence electrons. The van der Waals surface area contributed by atoms with Crippen LogP contribution in [0.1, 0.15) is 195 Å². The Morgan fingerprint density at radius 2 is 0.979 bits per heavy atom. The van der Waals surface area contributed by atoms with E-state index in [1.54, 1.807) is 68.6 Å². The predicted octanol–water partition coefficient (Wildman–Crippen LogP) is 7.08. The lowest BCUT2D eigenvalue weighted by Crippen LogP contribution is -2.63. The van der Waals surface area contributed by atoms with Gasteiger partial charge in [-0.25, -0.2) is 0 Å². The quantitative estimate of drug-likeness (QED) is 0.130. The van der Waals surface area contributed by atoms with E-state index >= 15 is 33.6 Å². The molecule has 3 fully saturated rings. The number of amides is 8. The van der Waals surface area contributed by atoms with Crippen LogP contribution in [0.3, 0.4) is 0 Å². The number of aliphatic hydroxyl groups excluding tert-OH is 1. The highest BCUT2D eigenvalue weighted by Gasteiger charge is 2.47. The van der Waals surface area contributed by atoms with Crippen molar-refractivity contribution in [2.24, 2.45) is 59.2 Å². The molecule has 8 amide bonds. The van der Waals surface area contributed by atoms with Gasteiger partial charge in [0.25, 0.3) is 0 Å². The molecule has 0 spiro atoms. The summed E-state index contributed by atoms with van der Waals surface area (Å²) in [6, 6.07) is -8.94. The van der Waals surface area contributed by atoms with Gasteiger partial charge >= 0.3 is 0 Å². The van der Waals surface area contributed by atoms with Gasteiger partial charge < -0.3 is 49.6 Å². The molecule has 96 heavy (non-hydrogen) atoms. The SMILES string of the molecule is C/C=C/C[C@@H](C)[C@@H](O)[C@H]1C(=O)N[C@@H](CC)C(=O)N(C)[C@H](C)C(=O)N(C)C([C@H](C)CCN2CCN(C3CCC3)CC2)C(=O)C[C@@H](C(C)C)C(=O)N(C)[C@@H](CC(C)C)C(=O)C[C@@H](C)C(=O)C[C@H](C)C(=O)N(C)[C@@H](CC(C)C)C(=O)N(C)[C@@H](CC(C)C)C(=O)N(C)[C@@H](C(C)C)C(=O)N1C. The molecule has 2 saturated heterocycles. The maximum Gasteiger partial charge on any atom is 0.246 e. The molecule has 2 heterocycles. The van der Waals surface area contributed by atoms with Gasteiger partial charge in [0.05, 0.1) is 18.2 Å². The Bertz CT molecular complexity index is 2650. The van der Waals surface area contributed by atoms with E-state index in [4.69, 9.17) is 0 Å². The van der Waals surface area contributed by atoms with Crippen molar-refractivity contribution in [2.75, 3.05) is 82.1 Å². The van der Waals surface area contributed by atoms with Gasteiger partial charge in [0, 0.05) is 119 Å². The summed E-state index contributed by atoms with van der Waals surface area (Å²) >= 11 is 0. The first kappa shape index (κ1) is 84.6. The van der Waals surface area contributed by atoms with Crippen molar-refractivity contribution in [3.8, 4) is 0 Å². The molecular weight excluding hydrogens is 1220 g/mol. The second-order valence-electron chi connectivity index (χ2n) is 31.0. The fourth-order valence-corrected chi connectivity index (χ4v) is 14.3. The lowest BCUT2D eigenvalue weighted by Gasteiger charge is -2.43. The summed E-state index contributed by atoms with van der Waals surface area (Å²) in [6.45, 7) is 34.9. The molecule has 0 bridgehead atoms. The van der Waals surface area contributed by atoms with Gasteiger partial charge in [-0.3, -0.25) is 57.6 Å². The molecule has 0 radical (unpaired) electrons. The van der Waals surface area contributed by atoms with Crippen LogP contribution in [0, 0.1) is 59.2 Å². The molecule has 14 atom stereocenters. The zero-order chi connectivity index (χ0) is 73.2. The molecule has 1 unspecified atom stereocenters. The number of piperazine rings is 1. The Morgan fingerprint density at radius 3 is 1.46 bits per heavy atom. The largest absolute Gasteiger partial charge is 0.390 e. The van der Waals surface area contributed by atoms with Crippen molar-refractivity contribution < 1.29 is 57.8 Å². The molecule has 0 aromatic carbocycles. The lowest BCUT2D eigenvalue weighted by atomic mass is 9.83. The number of ketones is 3. The summed E-state index contributed by atoms with van der Waals surface area (Å²) in [5.74, 6) is -10.9. The Kier molecular flexibility index (Phi) is 34.1. The van der Waals surface area contributed by atoms with Crippen molar-refractivity contribution in [1.29, 1.82) is 0 Å². The number of hydrogen-bond donors (Lipinski definition) is 2. The molecular formula is C74H130N10O12. The number of hydrogen-bond acceptors (Lipinski definition) is 14. The molecule has 1 aliphatic carbocycles. The van der Waals surface area contributed by atoms with Gasteiger partial charge in [-0.05, 0) is 113 Å². The molecule has 2 N–H and O–H groups in total. The average molecular weight is 1350 g/mol. The highest BCUT2D eigenvalue weighted by molar-refractivity contribution is 6.00. The van der Waals surface area contributed by atoms with Crippen LogP contribution in [0.25, 0.3) is 0 Å². The summed E-state index contributed by atoms with van der Waals surface area (Å²) in [4.78, 5) is 179. The monoisotopic (exact) mass is 1350 g/mol. The number of Topliss-reactive ketones (excluding diaryl/α,β-unsaturated/α-hetero) is 3. The lowest BCUT2D eigenvalue weighted by molar-refractivity contribution is -0.157. The minimum atomic E-state index is -1.61. The number of carbonyl (C=O) groups is 11. The summed E-state index contributed by atoms with van der Waals surface area (Å²) in [7, 11) is 10.4. The first-order valence-corrected chi connectivity index (χ1v) is 36.2. The molecule has 22 nitrogen and oxygen atoms in total. The topological polar surface area (TPSA) is 249 Å². The number of rotatable bonds is 18. The van der Waals surface area contributed by atoms with Crippen LogP contribution in [0.5, 0.6) is 0 Å². The smallest absolute Gasteiger partial charge is 0.246 e. The van der Waals surface area contributed by atoms with Crippen molar-refractivity contribution in [3.63, 3.8) is 0 Å². The third-order valence-electron chi connectivity index (χ3n) is 21.2. The first-order chi connectivity index (χ1) is 44.7. The van der Waals surface area contributed by atoms with Gasteiger partial charge in [0.15, 0.2) is 11.6 Å². The van der Waals surface area contributed by atoms with E-state index in [0.29, 0.717) is 25.4 Å². The fourth-order valence-electron chi connectivity index (χ4n) is 14.3. The van der Waals surface area contributed by atoms with Crippen molar-refractivity contribution in [1.82, 2.24) is 49.4 Å². The minimum Gasteiger partial charge on any atom is -0.390 e. The van der Waals surface area contributed by atoms with E-state index in [-0.39, 0.29) is 80.0 Å². The number of aliphatic hydroxyl groups is 1. The van der Waals surface area contributed by atoms with E-state index in [1.807, 2.05) is 75.3 Å². The molecule has 2 aliphatic heterocycles. The molecule has 3 aliphatic rings. The van der Waals surface area contributed by atoms with Crippen LogP contribution in [0.4, 0.5) is 0 Å². The third kappa shape index (κ3) is 22.5. The maximum absolute atomic E-state index is 15.4. The number of carbonyl (C=O) groups excluding carboxylic acids is 11. The summed E-state index contributed by atoms with van der Waals surface area (Å²) < 4.78 is 0. The molecule has 0 aromatic rings. The van der Waals surface area contributed by atoms with Crippen LogP contribution >= 0.6 is 0 Å². The molecule has 3 rings (SSSR count). The second kappa shape index (κ2) is 38.7. The highest BCUT2D eigenvalue weighted by Crippen LogP contribution is 2.31. The van der Waals surface area contributed by atoms with Gasteiger partial charge in [-0.2, -0.15) is 0 Å². The van der Waals surface area contributed by atoms with E-state index < -0.39 is 143 Å². The van der Waals surface area contributed by atoms with E-state index in [0.717, 1.165) is 31.1 Å². The third-order valence-corrected chi connectivity index (χ3v) is 21.2. The zero-order valence-electron chi connectivity index (χ0n) is 63.7. The molecule has 1 saturated carbocycles. The Balaban J connectivity index is 2.32. The zero-order valence-corrected chi connectivity index (χ0v) is 63.7. The standard InChI is InChI=1S/C74H130N10O12/c1-25-27-29-50(14)66(88)65-67(89)75-56(26-2)71(93)76(18)53(17)69(91)81(23)64(49(13)32-33-83-34-36-84(37-35-83)54-30-28-31-54)62(87)43-55(47(9)10)70(92)77(19)57(38-44(3)4)61(86)41-51(15)60(85)42-52(16)68(90)78(20)58(39-45(5)6)72(94)79(21)59(40-46(7)8)73(95)80(22)63(48(11)12)74(96)82(65)24/h25,27,44-59,63-66,88H,26,28-43H2,1-24H3,(H,75,89)/b27-25+/t49-,50-,51-,52+,53-,55+,56+,57+,58+,59+,63+,64?,65+,66-/m1/s1. The minimum absolute atomic E-state index is 0.0313. The van der Waals surface area contributed by atoms with Crippen molar-refractivity contribution >= 4 is 64.6 Å². The maximum atomic E-state index is 15.4. The Morgan fingerprint density at radius 1 is 0.500 bits per heavy atom. The fraction of sp³-hybridized carbons (Fsp3) is 0.824. The average Bonchev–Trinajstić information content (AvgIpc) is 0.805. The number of likely N-dealkylation sites (N-methyl/N-ethyl adjacent to an activating group) is 7. The normalized spacial score (nSPS) is 28.8. The number of nitrogens with one attached hydrogen (secondary N) is 1. The Hall–Kier alpha value is -5.61. The first-order valence-electron chi connectivity index (χ1n) is 36.2. The van der Waals surface area contributed by atoms with Gasteiger partial charge in [-0.1, -0.05) is 122 Å². The van der Waals surface area contributed by atoms with E-state index in [2.05, 4.69) is 15.1 Å². The highest BCUT2D eigenvalue weighted by atomic mass is 16.3. The van der Waals surface area contributed by atoms with Crippen LogP contribution in [0.2, 0.25) is 0 Å². The van der Waals surface area contributed by atoms with Crippen LogP contribution in [-0.2, 0) is 52.7 Å². The van der Waals surface area contributed by atoms with Crippen LogP contribution in [0.15, 0.2) is 12.2 Å². The molecule has 22 heteroatoms. The number of allylic oxidation sites excluding steroid dienone is 2.